The molecule has 106 valence electrons. The Kier molecular flexibility index (Phi) is 3.70. The summed E-state index contributed by atoms with van der Waals surface area (Å²) in [6, 6.07) is 0. The van der Waals surface area contributed by atoms with Crippen LogP contribution in [0.4, 0.5) is 0 Å². The van der Waals surface area contributed by atoms with Crippen molar-refractivity contribution >= 4 is 11.9 Å². The van der Waals surface area contributed by atoms with Gasteiger partial charge in [0.15, 0.2) is 0 Å². The van der Waals surface area contributed by atoms with E-state index in [1.165, 1.54) is 0 Å². The number of carboxylic acids is 1. The van der Waals surface area contributed by atoms with Gasteiger partial charge in [0.1, 0.15) is 0 Å². The molecule has 4 nitrogen and oxygen atoms in total. The summed E-state index contributed by atoms with van der Waals surface area (Å²) in [6.45, 7) is 6.10. The monoisotopic (exact) mass is 265 g/mol. The van der Waals surface area contributed by atoms with E-state index in [9.17, 15) is 14.7 Å². The number of fused-ring (bicyclic) bond motifs is 2. The van der Waals surface area contributed by atoms with Crippen LogP contribution >= 0.6 is 0 Å². The van der Waals surface area contributed by atoms with Crippen LogP contribution in [0.2, 0.25) is 0 Å². The first-order valence-electron chi connectivity index (χ1n) is 7.15. The van der Waals surface area contributed by atoms with Crippen LogP contribution in [0.5, 0.6) is 0 Å². The van der Waals surface area contributed by atoms with Crippen molar-refractivity contribution in [1.29, 1.82) is 0 Å². The van der Waals surface area contributed by atoms with E-state index in [0.717, 1.165) is 19.3 Å². The van der Waals surface area contributed by atoms with E-state index in [4.69, 9.17) is 0 Å². The van der Waals surface area contributed by atoms with E-state index < -0.39 is 17.8 Å². The molecule has 0 aromatic heterocycles. The van der Waals surface area contributed by atoms with Crippen molar-refractivity contribution in [1.82, 2.24) is 5.32 Å². The molecule has 0 aromatic carbocycles. The van der Waals surface area contributed by atoms with Crippen molar-refractivity contribution in [2.45, 2.75) is 45.6 Å². The molecule has 2 aliphatic carbocycles. The van der Waals surface area contributed by atoms with Crippen molar-refractivity contribution in [2.24, 2.45) is 23.7 Å². The summed E-state index contributed by atoms with van der Waals surface area (Å²) in [4.78, 5) is 23.9. The summed E-state index contributed by atoms with van der Waals surface area (Å²) in [5, 5.41) is 12.4. The zero-order valence-electron chi connectivity index (χ0n) is 11.8. The average molecular weight is 265 g/mol. The predicted molar refractivity (Wildman–Crippen MR) is 72.5 cm³/mol. The molecule has 4 atom stereocenters. The summed E-state index contributed by atoms with van der Waals surface area (Å²) >= 11 is 0. The third-order valence-corrected chi connectivity index (χ3v) is 5.03. The Bertz CT molecular complexity index is 412. The van der Waals surface area contributed by atoms with Crippen LogP contribution in [-0.4, -0.2) is 22.5 Å². The van der Waals surface area contributed by atoms with Crippen LogP contribution in [0.3, 0.4) is 0 Å². The highest BCUT2D eigenvalue weighted by Crippen LogP contribution is 2.48. The van der Waals surface area contributed by atoms with Crippen LogP contribution in [0.15, 0.2) is 12.2 Å². The Hall–Kier alpha value is -1.32. The molecule has 0 saturated heterocycles. The standard InChI is InChI=1S/C15H23NO3/c1-4-15(3,5-2)16-13(17)11-9-6-7-10(8-9)12(11)14(18)19/h6-7,9-12H,4-5,8H2,1-3H3,(H,16,17)(H,18,19). The molecular formula is C15H23NO3. The zero-order chi connectivity index (χ0) is 14.2. The Morgan fingerprint density at radius 3 is 2.21 bits per heavy atom. The van der Waals surface area contributed by atoms with Crippen molar-refractivity contribution in [3.63, 3.8) is 0 Å². The maximum absolute atomic E-state index is 12.5. The number of hydrogen-bond acceptors (Lipinski definition) is 2. The number of carbonyl (C=O) groups excluding carboxylic acids is 1. The lowest BCUT2D eigenvalue weighted by Gasteiger charge is -2.32. The minimum atomic E-state index is -0.841. The molecule has 0 heterocycles. The Morgan fingerprint density at radius 2 is 1.74 bits per heavy atom. The second kappa shape index (κ2) is 4.99. The minimum Gasteiger partial charge on any atom is -0.481 e. The van der Waals surface area contributed by atoms with Crippen molar-refractivity contribution < 1.29 is 14.7 Å². The normalized spacial score (nSPS) is 32.6. The van der Waals surface area contributed by atoms with E-state index in [0.29, 0.717) is 0 Å². The minimum absolute atomic E-state index is 0.0350. The molecule has 19 heavy (non-hydrogen) atoms. The molecule has 1 amide bonds. The number of hydrogen-bond donors (Lipinski definition) is 2. The molecule has 0 radical (unpaired) electrons. The summed E-state index contributed by atoms with van der Waals surface area (Å²) in [5.41, 5.74) is -0.230. The maximum Gasteiger partial charge on any atom is 0.307 e. The summed E-state index contributed by atoms with van der Waals surface area (Å²) in [5.74, 6) is -1.74. The average Bonchev–Trinajstić information content (AvgIpc) is 2.98. The first kappa shape index (κ1) is 14.1. The van der Waals surface area contributed by atoms with Gasteiger partial charge >= 0.3 is 5.97 Å². The fourth-order valence-electron chi connectivity index (χ4n) is 3.32. The molecular weight excluding hydrogens is 242 g/mol. The number of allylic oxidation sites excluding steroid dienone is 2. The second-order valence-corrected chi connectivity index (χ2v) is 6.10. The van der Waals surface area contributed by atoms with Gasteiger partial charge in [0, 0.05) is 5.54 Å². The van der Waals surface area contributed by atoms with Crippen molar-refractivity contribution in [3.05, 3.63) is 12.2 Å². The third kappa shape index (κ3) is 2.40. The number of carboxylic acid groups (broad SMARTS) is 1. The fraction of sp³-hybridized carbons (Fsp3) is 0.733. The smallest absolute Gasteiger partial charge is 0.307 e. The second-order valence-electron chi connectivity index (χ2n) is 6.10. The molecule has 1 saturated carbocycles. The van der Waals surface area contributed by atoms with Crippen LogP contribution in [-0.2, 0) is 9.59 Å². The highest BCUT2D eigenvalue weighted by Gasteiger charge is 2.52. The number of nitrogens with one attached hydrogen (secondary N) is 1. The van der Waals surface area contributed by atoms with Crippen LogP contribution in [0, 0.1) is 23.7 Å². The molecule has 2 N–H and O–H groups in total. The summed E-state index contributed by atoms with van der Waals surface area (Å²) < 4.78 is 0. The van der Waals surface area contributed by atoms with Gasteiger partial charge in [-0.25, -0.2) is 0 Å². The molecule has 2 bridgehead atoms. The van der Waals surface area contributed by atoms with Gasteiger partial charge in [-0.15, -0.1) is 0 Å². The lowest BCUT2D eigenvalue weighted by atomic mass is 9.81. The van der Waals surface area contributed by atoms with Gasteiger partial charge in [0.2, 0.25) is 5.91 Å². The first-order valence-corrected chi connectivity index (χ1v) is 7.15. The number of carbonyl (C=O) groups is 2. The van der Waals surface area contributed by atoms with Gasteiger partial charge < -0.3 is 10.4 Å². The fourth-order valence-corrected chi connectivity index (χ4v) is 3.32. The topological polar surface area (TPSA) is 66.4 Å². The lowest BCUT2D eigenvalue weighted by molar-refractivity contribution is -0.148. The van der Waals surface area contributed by atoms with Crippen LogP contribution in [0.1, 0.15) is 40.0 Å². The summed E-state index contributed by atoms with van der Waals surface area (Å²) in [6.07, 6.45) is 6.49. The van der Waals surface area contributed by atoms with E-state index in [-0.39, 0.29) is 23.3 Å². The third-order valence-electron chi connectivity index (χ3n) is 5.03. The Morgan fingerprint density at radius 1 is 1.21 bits per heavy atom. The highest BCUT2D eigenvalue weighted by atomic mass is 16.4. The van der Waals surface area contributed by atoms with E-state index in [2.05, 4.69) is 5.32 Å². The van der Waals surface area contributed by atoms with Gasteiger partial charge in [0.05, 0.1) is 11.8 Å². The van der Waals surface area contributed by atoms with Gasteiger partial charge in [-0.2, -0.15) is 0 Å². The number of aliphatic carboxylic acids is 1. The van der Waals surface area contributed by atoms with Gasteiger partial charge in [-0.3, -0.25) is 9.59 Å². The molecule has 0 aromatic rings. The van der Waals surface area contributed by atoms with E-state index in [1.807, 2.05) is 32.9 Å². The molecule has 0 spiro atoms. The van der Waals surface area contributed by atoms with Crippen LogP contribution < -0.4 is 5.32 Å². The molecule has 2 rings (SSSR count). The highest BCUT2D eigenvalue weighted by molar-refractivity contribution is 5.87. The van der Waals surface area contributed by atoms with E-state index >= 15 is 0 Å². The van der Waals surface area contributed by atoms with Gasteiger partial charge in [0.25, 0.3) is 0 Å². The van der Waals surface area contributed by atoms with Gasteiger partial charge in [-0.1, -0.05) is 26.0 Å². The Balaban J connectivity index is 2.14. The lowest BCUT2D eigenvalue weighted by Crippen LogP contribution is -2.50. The molecule has 2 aliphatic rings. The SMILES string of the molecule is CCC(C)(CC)NC(=O)C1C2C=CC(C2)C1C(=O)O. The molecule has 0 aliphatic heterocycles. The van der Waals surface area contributed by atoms with Crippen LogP contribution in [0.25, 0.3) is 0 Å². The van der Waals surface area contributed by atoms with Crippen molar-refractivity contribution in [3.8, 4) is 0 Å². The molecule has 1 fully saturated rings. The Labute approximate surface area is 114 Å². The predicted octanol–water partition coefficient (Wildman–Crippen LogP) is 2.20. The number of rotatable bonds is 5. The van der Waals surface area contributed by atoms with Gasteiger partial charge in [-0.05, 0) is 38.0 Å². The quantitative estimate of drug-likeness (QED) is 0.749. The maximum atomic E-state index is 12.5. The van der Waals surface area contributed by atoms with Crippen molar-refractivity contribution in [2.75, 3.05) is 0 Å². The first-order chi connectivity index (χ1) is 8.91. The summed E-state index contributed by atoms with van der Waals surface area (Å²) in [7, 11) is 0. The molecule has 4 unspecified atom stereocenters. The number of amides is 1. The van der Waals surface area contributed by atoms with E-state index in [1.54, 1.807) is 0 Å². The molecule has 4 heteroatoms. The zero-order valence-corrected chi connectivity index (χ0v) is 11.8. The largest absolute Gasteiger partial charge is 0.481 e.